The van der Waals surface area contributed by atoms with Gasteiger partial charge >= 0.3 is 6.18 Å². The molecule has 1 aliphatic rings. The first-order valence-corrected chi connectivity index (χ1v) is 8.02. The number of rotatable bonds is 1. The predicted molar refractivity (Wildman–Crippen MR) is 92.5 cm³/mol. The molecule has 0 saturated carbocycles. The number of hydrogen-bond donors (Lipinski definition) is 1. The lowest BCUT2D eigenvalue weighted by atomic mass is 9.82. The maximum Gasteiger partial charge on any atom is 0.416 e. The van der Waals surface area contributed by atoms with E-state index >= 15 is 0 Å². The molecule has 1 unspecified atom stereocenters. The van der Waals surface area contributed by atoms with Gasteiger partial charge in [0.25, 0.3) is 0 Å². The van der Waals surface area contributed by atoms with E-state index in [2.05, 4.69) is 4.98 Å². The van der Waals surface area contributed by atoms with E-state index in [0.717, 1.165) is 17.5 Å². The Balaban J connectivity index is 1.98. The fraction of sp³-hybridized carbons (Fsp3) is 0.100. The molecular formula is C20H12F3N3O. The van der Waals surface area contributed by atoms with Gasteiger partial charge in [0, 0.05) is 17.1 Å². The van der Waals surface area contributed by atoms with Gasteiger partial charge in [0.2, 0.25) is 5.88 Å². The summed E-state index contributed by atoms with van der Waals surface area (Å²) in [5, 5.41) is 10.4. The highest BCUT2D eigenvalue weighted by atomic mass is 19.4. The molecule has 7 heteroatoms. The number of nitrogens with zero attached hydrogens (tertiary/aromatic N) is 2. The van der Waals surface area contributed by atoms with Crippen molar-refractivity contribution < 1.29 is 17.9 Å². The fourth-order valence-corrected chi connectivity index (χ4v) is 3.29. The molecule has 1 atom stereocenters. The second-order valence-corrected chi connectivity index (χ2v) is 6.11. The summed E-state index contributed by atoms with van der Waals surface area (Å²) in [6.45, 7) is 0. The monoisotopic (exact) mass is 367 g/mol. The summed E-state index contributed by atoms with van der Waals surface area (Å²) in [7, 11) is 0. The molecule has 27 heavy (non-hydrogen) atoms. The van der Waals surface area contributed by atoms with E-state index in [-0.39, 0.29) is 11.5 Å². The molecule has 0 aliphatic carbocycles. The van der Waals surface area contributed by atoms with Gasteiger partial charge < -0.3 is 10.5 Å². The van der Waals surface area contributed by atoms with E-state index in [9.17, 15) is 18.4 Å². The van der Waals surface area contributed by atoms with Crippen molar-refractivity contribution in [2.24, 2.45) is 5.73 Å². The Morgan fingerprint density at radius 3 is 2.67 bits per heavy atom. The van der Waals surface area contributed by atoms with Gasteiger partial charge in [-0.05, 0) is 17.7 Å². The molecule has 0 saturated heterocycles. The number of nitrogens with two attached hydrogens (primary N) is 1. The van der Waals surface area contributed by atoms with Gasteiger partial charge in [-0.1, -0.05) is 36.4 Å². The number of aromatic nitrogens is 1. The molecule has 0 bridgehead atoms. The van der Waals surface area contributed by atoms with Crippen LogP contribution in [0.1, 0.15) is 22.6 Å². The van der Waals surface area contributed by atoms with Crippen LogP contribution in [-0.2, 0) is 6.18 Å². The summed E-state index contributed by atoms with van der Waals surface area (Å²) < 4.78 is 45.1. The number of benzene rings is 2. The highest BCUT2D eigenvalue weighted by molar-refractivity contribution is 5.87. The van der Waals surface area contributed by atoms with Crippen LogP contribution < -0.4 is 10.5 Å². The van der Waals surface area contributed by atoms with Crippen LogP contribution in [-0.4, -0.2) is 4.98 Å². The fourth-order valence-electron chi connectivity index (χ4n) is 3.29. The second-order valence-electron chi connectivity index (χ2n) is 6.11. The zero-order valence-corrected chi connectivity index (χ0v) is 13.8. The lowest BCUT2D eigenvalue weighted by molar-refractivity contribution is -0.137. The predicted octanol–water partition coefficient (Wildman–Crippen LogP) is 4.47. The van der Waals surface area contributed by atoms with E-state index in [4.69, 9.17) is 10.5 Å². The van der Waals surface area contributed by atoms with Gasteiger partial charge in [-0.15, -0.1) is 0 Å². The van der Waals surface area contributed by atoms with Crippen LogP contribution in [0.5, 0.6) is 5.75 Å². The minimum Gasteiger partial charge on any atom is -0.438 e. The molecule has 134 valence electrons. The van der Waals surface area contributed by atoms with Crippen molar-refractivity contribution in [3.05, 3.63) is 82.9 Å². The quantitative estimate of drug-likeness (QED) is 0.689. The molecule has 4 nitrogen and oxygen atoms in total. The van der Waals surface area contributed by atoms with Crippen molar-refractivity contribution in [2.45, 2.75) is 12.1 Å². The SMILES string of the molecule is N#CC1=C(N)Oc2c(ccc3cccnc23)C1c1cccc(C(F)(F)F)c1. The van der Waals surface area contributed by atoms with Crippen LogP contribution in [0.25, 0.3) is 10.9 Å². The van der Waals surface area contributed by atoms with Crippen molar-refractivity contribution in [1.29, 1.82) is 5.26 Å². The Bertz CT molecular complexity index is 1130. The highest BCUT2D eigenvalue weighted by Crippen LogP contribution is 2.45. The lowest BCUT2D eigenvalue weighted by Crippen LogP contribution is -2.21. The lowest BCUT2D eigenvalue weighted by Gasteiger charge is -2.27. The number of nitriles is 1. The van der Waals surface area contributed by atoms with Crippen LogP contribution in [0, 0.1) is 11.3 Å². The third-order valence-electron chi connectivity index (χ3n) is 4.50. The number of pyridine rings is 1. The Kier molecular flexibility index (Phi) is 3.77. The zero-order valence-electron chi connectivity index (χ0n) is 13.8. The number of hydrogen-bond acceptors (Lipinski definition) is 4. The third-order valence-corrected chi connectivity index (χ3v) is 4.50. The molecule has 2 N–H and O–H groups in total. The molecule has 2 aromatic carbocycles. The van der Waals surface area contributed by atoms with Gasteiger partial charge in [0.05, 0.1) is 11.5 Å². The Hall–Kier alpha value is -3.53. The normalized spacial score (nSPS) is 16.6. The first-order valence-electron chi connectivity index (χ1n) is 8.02. The van der Waals surface area contributed by atoms with Gasteiger partial charge in [-0.25, -0.2) is 0 Å². The molecule has 0 radical (unpaired) electrons. The van der Waals surface area contributed by atoms with Gasteiger partial charge in [0.1, 0.15) is 17.2 Å². The van der Waals surface area contributed by atoms with Crippen LogP contribution >= 0.6 is 0 Å². The van der Waals surface area contributed by atoms with Crippen molar-refractivity contribution in [2.75, 3.05) is 0 Å². The Morgan fingerprint density at radius 1 is 1.11 bits per heavy atom. The van der Waals surface area contributed by atoms with E-state index in [1.807, 2.05) is 12.1 Å². The first kappa shape index (κ1) is 16.9. The minimum atomic E-state index is -4.49. The number of ether oxygens (including phenoxy) is 1. The first-order chi connectivity index (χ1) is 12.9. The van der Waals surface area contributed by atoms with Crippen LogP contribution in [0.3, 0.4) is 0 Å². The van der Waals surface area contributed by atoms with Gasteiger partial charge in [-0.2, -0.15) is 18.4 Å². The minimum absolute atomic E-state index is 0.0668. The number of allylic oxidation sites excluding steroid dienone is 1. The summed E-state index contributed by atoms with van der Waals surface area (Å²) >= 11 is 0. The van der Waals surface area contributed by atoms with E-state index in [0.29, 0.717) is 22.4 Å². The standard InChI is InChI=1S/C20H12F3N3O/c21-20(22,23)13-5-1-3-12(9-13)16-14-7-6-11-4-2-8-26-17(11)18(14)27-19(25)15(16)10-24/h1-9,16H,25H2. The molecular weight excluding hydrogens is 355 g/mol. The largest absolute Gasteiger partial charge is 0.438 e. The van der Waals surface area contributed by atoms with Gasteiger partial charge in [-0.3, -0.25) is 4.98 Å². The van der Waals surface area contributed by atoms with E-state index in [1.165, 1.54) is 6.07 Å². The van der Waals surface area contributed by atoms with Crippen LogP contribution in [0.2, 0.25) is 0 Å². The van der Waals surface area contributed by atoms with E-state index in [1.54, 1.807) is 30.5 Å². The average molecular weight is 367 g/mol. The average Bonchev–Trinajstić information content (AvgIpc) is 2.66. The summed E-state index contributed by atoms with van der Waals surface area (Å²) in [6, 6.07) is 14.0. The number of alkyl halides is 3. The third kappa shape index (κ3) is 2.75. The van der Waals surface area contributed by atoms with Crippen LogP contribution in [0.15, 0.2) is 66.2 Å². The molecule has 2 heterocycles. The second kappa shape index (κ2) is 6.02. The van der Waals surface area contributed by atoms with Crippen molar-refractivity contribution in [3.8, 4) is 11.8 Å². The number of fused-ring (bicyclic) bond motifs is 3. The zero-order chi connectivity index (χ0) is 19.2. The molecule has 1 aromatic heterocycles. The number of halogens is 3. The van der Waals surface area contributed by atoms with Crippen molar-refractivity contribution in [3.63, 3.8) is 0 Å². The maximum absolute atomic E-state index is 13.2. The topological polar surface area (TPSA) is 71.9 Å². The molecule has 3 aromatic rings. The Labute approximate surface area is 152 Å². The summed E-state index contributed by atoms with van der Waals surface area (Å²) in [5.74, 6) is -0.551. The molecule has 0 spiro atoms. The highest BCUT2D eigenvalue weighted by Gasteiger charge is 2.35. The van der Waals surface area contributed by atoms with Gasteiger partial charge in [0.15, 0.2) is 5.75 Å². The molecule has 1 aliphatic heterocycles. The molecule has 0 fully saturated rings. The Morgan fingerprint density at radius 2 is 1.93 bits per heavy atom. The maximum atomic E-state index is 13.2. The van der Waals surface area contributed by atoms with Crippen molar-refractivity contribution >= 4 is 10.9 Å². The van der Waals surface area contributed by atoms with E-state index < -0.39 is 17.7 Å². The molecule has 4 rings (SSSR count). The smallest absolute Gasteiger partial charge is 0.416 e. The summed E-state index contributed by atoms with van der Waals surface area (Å²) in [4.78, 5) is 4.30. The summed E-state index contributed by atoms with van der Waals surface area (Å²) in [5.41, 5.74) is 6.60. The molecule has 0 amide bonds. The van der Waals surface area contributed by atoms with Crippen LogP contribution in [0.4, 0.5) is 13.2 Å². The summed E-state index contributed by atoms with van der Waals surface area (Å²) in [6.07, 6.45) is -2.90. The van der Waals surface area contributed by atoms with Crippen molar-refractivity contribution in [1.82, 2.24) is 4.98 Å².